The molecule has 2 heterocycles. The zero-order chi connectivity index (χ0) is 13.0. The summed E-state index contributed by atoms with van der Waals surface area (Å²) in [5.74, 6) is 0.101. The van der Waals surface area contributed by atoms with Crippen molar-refractivity contribution in [1.29, 1.82) is 0 Å². The van der Waals surface area contributed by atoms with Crippen molar-refractivity contribution in [2.45, 2.75) is 18.9 Å². The Morgan fingerprint density at radius 3 is 3.17 bits per heavy atom. The van der Waals surface area contributed by atoms with E-state index in [-0.39, 0.29) is 22.6 Å². The van der Waals surface area contributed by atoms with Gasteiger partial charge in [-0.05, 0) is 31.6 Å². The standard InChI is InChI=1S/C10H14ClN5OS/c11-7-5-13-9(17)8(15-7)16-10(18)14-6-2-1-3-12-4-6/h5-6,12H,1-4H2,(H,13,17)(H2,14,15,16,18)/t6-/m0/s1. The number of anilines is 1. The van der Waals surface area contributed by atoms with Crippen molar-refractivity contribution in [1.82, 2.24) is 20.6 Å². The lowest BCUT2D eigenvalue weighted by Crippen LogP contribution is -2.47. The van der Waals surface area contributed by atoms with E-state index >= 15 is 0 Å². The highest BCUT2D eigenvalue weighted by Gasteiger charge is 2.14. The van der Waals surface area contributed by atoms with Gasteiger partial charge >= 0.3 is 0 Å². The fourth-order valence-corrected chi connectivity index (χ4v) is 2.17. The molecular weight excluding hydrogens is 274 g/mol. The first-order chi connectivity index (χ1) is 8.65. The Labute approximate surface area is 115 Å². The summed E-state index contributed by atoms with van der Waals surface area (Å²) < 4.78 is 0. The molecule has 0 aromatic carbocycles. The summed E-state index contributed by atoms with van der Waals surface area (Å²) in [6.45, 7) is 1.90. The van der Waals surface area contributed by atoms with Crippen LogP contribution >= 0.6 is 23.8 Å². The third-order valence-corrected chi connectivity index (χ3v) is 3.03. The van der Waals surface area contributed by atoms with Gasteiger partial charge in [-0.2, -0.15) is 0 Å². The van der Waals surface area contributed by atoms with E-state index in [9.17, 15) is 4.79 Å². The fourth-order valence-electron chi connectivity index (χ4n) is 1.77. The molecule has 0 bridgehead atoms. The van der Waals surface area contributed by atoms with E-state index in [0.717, 1.165) is 25.9 Å². The van der Waals surface area contributed by atoms with Crippen molar-refractivity contribution in [2.75, 3.05) is 18.4 Å². The van der Waals surface area contributed by atoms with Crippen molar-refractivity contribution < 1.29 is 0 Å². The average molecular weight is 288 g/mol. The van der Waals surface area contributed by atoms with Crippen LogP contribution in [0.4, 0.5) is 5.82 Å². The topological polar surface area (TPSA) is 81.8 Å². The molecule has 0 spiro atoms. The number of aromatic nitrogens is 2. The van der Waals surface area contributed by atoms with Crippen molar-refractivity contribution in [3.05, 3.63) is 21.7 Å². The van der Waals surface area contributed by atoms with Gasteiger partial charge in [-0.25, -0.2) is 4.98 Å². The lowest BCUT2D eigenvalue weighted by Gasteiger charge is -2.24. The minimum absolute atomic E-state index is 0.101. The smallest absolute Gasteiger partial charge is 0.291 e. The zero-order valence-corrected chi connectivity index (χ0v) is 11.2. The molecule has 1 aromatic rings. The first-order valence-electron chi connectivity index (χ1n) is 5.68. The molecule has 0 radical (unpaired) electrons. The molecule has 1 aromatic heterocycles. The van der Waals surface area contributed by atoms with Crippen LogP contribution in [-0.2, 0) is 0 Å². The van der Waals surface area contributed by atoms with Crippen molar-refractivity contribution in [3.8, 4) is 0 Å². The van der Waals surface area contributed by atoms with Crippen LogP contribution in [-0.4, -0.2) is 34.2 Å². The summed E-state index contributed by atoms with van der Waals surface area (Å²) in [5.41, 5.74) is -0.356. The molecule has 1 saturated heterocycles. The van der Waals surface area contributed by atoms with E-state index in [1.54, 1.807) is 0 Å². The molecular formula is C10H14ClN5OS. The average Bonchev–Trinajstić information content (AvgIpc) is 2.35. The predicted molar refractivity (Wildman–Crippen MR) is 75.1 cm³/mol. The zero-order valence-electron chi connectivity index (χ0n) is 9.62. The molecule has 4 N–H and O–H groups in total. The second-order valence-corrected chi connectivity index (χ2v) is 4.84. The highest BCUT2D eigenvalue weighted by molar-refractivity contribution is 7.80. The van der Waals surface area contributed by atoms with Gasteiger partial charge < -0.3 is 20.9 Å². The van der Waals surface area contributed by atoms with Gasteiger partial charge in [0.15, 0.2) is 10.9 Å². The Balaban J connectivity index is 1.94. The molecule has 6 nitrogen and oxygen atoms in total. The quantitative estimate of drug-likeness (QED) is 0.592. The predicted octanol–water partition coefficient (Wildman–Crippen LogP) is 0.462. The number of thiocarbonyl (C=S) groups is 1. The van der Waals surface area contributed by atoms with Gasteiger partial charge in [0.2, 0.25) is 0 Å². The van der Waals surface area contributed by atoms with Gasteiger partial charge in [0.25, 0.3) is 5.56 Å². The fraction of sp³-hybridized carbons (Fsp3) is 0.500. The van der Waals surface area contributed by atoms with Gasteiger partial charge in [-0.15, -0.1) is 0 Å². The van der Waals surface area contributed by atoms with Crippen LogP contribution in [0.15, 0.2) is 11.0 Å². The summed E-state index contributed by atoms with van der Waals surface area (Å²) in [7, 11) is 0. The maximum absolute atomic E-state index is 11.5. The molecule has 0 aliphatic carbocycles. The number of rotatable bonds is 2. The third kappa shape index (κ3) is 3.66. The number of nitrogens with one attached hydrogen (secondary N) is 4. The number of aromatic amines is 1. The van der Waals surface area contributed by atoms with Crippen LogP contribution in [0.25, 0.3) is 0 Å². The Hall–Kier alpha value is -1.18. The highest BCUT2D eigenvalue weighted by atomic mass is 35.5. The molecule has 98 valence electrons. The van der Waals surface area contributed by atoms with Gasteiger partial charge in [0, 0.05) is 18.8 Å². The minimum atomic E-state index is -0.356. The van der Waals surface area contributed by atoms with E-state index in [1.807, 2.05) is 0 Å². The molecule has 1 aliphatic rings. The minimum Gasteiger partial charge on any atom is -0.358 e. The van der Waals surface area contributed by atoms with E-state index < -0.39 is 0 Å². The van der Waals surface area contributed by atoms with E-state index in [4.69, 9.17) is 23.8 Å². The summed E-state index contributed by atoms with van der Waals surface area (Å²) in [4.78, 5) is 17.8. The Morgan fingerprint density at radius 2 is 2.44 bits per heavy atom. The SMILES string of the molecule is O=c1[nH]cc(Cl)nc1NC(=S)N[C@H]1CCCNC1. The Bertz CT molecular complexity index is 485. The lowest BCUT2D eigenvalue weighted by atomic mass is 10.1. The molecule has 0 unspecified atom stereocenters. The van der Waals surface area contributed by atoms with E-state index in [1.165, 1.54) is 6.20 Å². The van der Waals surface area contributed by atoms with Gasteiger partial charge in [0.05, 0.1) is 0 Å². The lowest BCUT2D eigenvalue weighted by molar-refractivity contribution is 0.432. The van der Waals surface area contributed by atoms with Crippen molar-refractivity contribution in [3.63, 3.8) is 0 Å². The van der Waals surface area contributed by atoms with E-state index in [0.29, 0.717) is 5.11 Å². The Morgan fingerprint density at radius 1 is 1.61 bits per heavy atom. The molecule has 1 atom stereocenters. The van der Waals surface area contributed by atoms with Crippen LogP contribution in [0.5, 0.6) is 0 Å². The molecule has 1 fully saturated rings. The number of piperidine rings is 1. The van der Waals surface area contributed by atoms with Crippen LogP contribution in [0.1, 0.15) is 12.8 Å². The van der Waals surface area contributed by atoms with Crippen LogP contribution in [0, 0.1) is 0 Å². The Kier molecular flexibility index (Phi) is 4.51. The highest BCUT2D eigenvalue weighted by Crippen LogP contribution is 2.04. The number of hydrogen-bond donors (Lipinski definition) is 4. The largest absolute Gasteiger partial charge is 0.358 e. The van der Waals surface area contributed by atoms with Crippen LogP contribution < -0.4 is 21.5 Å². The summed E-state index contributed by atoms with van der Waals surface area (Å²) >= 11 is 10.8. The van der Waals surface area contributed by atoms with Crippen LogP contribution in [0.2, 0.25) is 5.15 Å². The second-order valence-electron chi connectivity index (χ2n) is 4.04. The van der Waals surface area contributed by atoms with Crippen molar-refractivity contribution in [2.24, 2.45) is 0 Å². The normalized spacial score (nSPS) is 19.3. The molecule has 8 heteroatoms. The van der Waals surface area contributed by atoms with Crippen molar-refractivity contribution >= 4 is 34.7 Å². The maximum atomic E-state index is 11.5. The summed E-state index contributed by atoms with van der Waals surface area (Å²) in [6.07, 6.45) is 3.49. The third-order valence-electron chi connectivity index (χ3n) is 2.62. The van der Waals surface area contributed by atoms with Gasteiger partial charge in [0.1, 0.15) is 5.15 Å². The number of nitrogens with zero attached hydrogens (tertiary/aromatic N) is 1. The molecule has 0 saturated carbocycles. The van der Waals surface area contributed by atoms with E-state index in [2.05, 4.69) is 25.9 Å². The summed E-state index contributed by atoms with van der Waals surface area (Å²) in [5, 5.41) is 9.74. The molecule has 1 aliphatic heterocycles. The number of hydrogen-bond acceptors (Lipinski definition) is 4. The molecule has 0 amide bonds. The van der Waals surface area contributed by atoms with Gasteiger partial charge in [-0.3, -0.25) is 4.79 Å². The first kappa shape index (κ1) is 13.3. The monoisotopic (exact) mass is 287 g/mol. The van der Waals surface area contributed by atoms with Crippen LogP contribution in [0.3, 0.4) is 0 Å². The molecule has 18 heavy (non-hydrogen) atoms. The maximum Gasteiger partial charge on any atom is 0.291 e. The number of halogens is 1. The number of H-pyrrole nitrogens is 1. The molecule has 2 rings (SSSR count). The second kappa shape index (κ2) is 6.12. The van der Waals surface area contributed by atoms with Gasteiger partial charge in [-0.1, -0.05) is 11.6 Å². The first-order valence-corrected chi connectivity index (χ1v) is 6.47. The summed E-state index contributed by atoms with van der Waals surface area (Å²) in [6, 6.07) is 0.275.